The van der Waals surface area contributed by atoms with E-state index < -0.39 is 112 Å². The highest BCUT2D eigenvalue weighted by atomic mass is 16.8. The molecule has 34 heavy (non-hydrogen) atoms. The molecular weight excluding hydrogens is 472 g/mol. The zero-order valence-electron chi connectivity index (χ0n) is 17.7. The first-order chi connectivity index (χ1) is 16.0. The van der Waals surface area contributed by atoms with Crippen molar-refractivity contribution >= 4 is 0 Å². The first kappa shape index (κ1) is 27.9. The van der Waals surface area contributed by atoms with E-state index in [1.807, 2.05) is 0 Å². The van der Waals surface area contributed by atoms with Crippen molar-refractivity contribution in [1.82, 2.24) is 0 Å². The summed E-state index contributed by atoms with van der Waals surface area (Å²) in [4.78, 5) is 0. The molecule has 0 spiro atoms. The fourth-order valence-corrected chi connectivity index (χ4v) is 4.06. The molecule has 3 saturated heterocycles. The van der Waals surface area contributed by atoms with Crippen LogP contribution >= 0.6 is 0 Å². The monoisotopic (exact) mass is 504 g/mol. The van der Waals surface area contributed by atoms with Gasteiger partial charge in [-0.05, 0) is 0 Å². The summed E-state index contributed by atoms with van der Waals surface area (Å²) in [5.41, 5.74) is 0. The minimum atomic E-state index is -1.91. The van der Waals surface area contributed by atoms with Crippen molar-refractivity contribution in [3.63, 3.8) is 0 Å². The fourth-order valence-electron chi connectivity index (χ4n) is 4.06. The van der Waals surface area contributed by atoms with Gasteiger partial charge < -0.3 is 79.9 Å². The van der Waals surface area contributed by atoms with Crippen LogP contribution in [0.15, 0.2) is 0 Å². The van der Waals surface area contributed by atoms with Crippen LogP contribution in [0.4, 0.5) is 0 Å². The zero-order valence-corrected chi connectivity index (χ0v) is 17.7. The maximum Gasteiger partial charge on any atom is 0.187 e. The molecule has 0 aliphatic carbocycles. The Balaban J connectivity index is 1.72. The minimum Gasteiger partial charge on any atom is -0.394 e. The predicted molar refractivity (Wildman–Crippen MR) is 101 cm³/mol. The van der Waals surface area contributed by atoms with Crippen LogP contribution in [0.1, 0.15) is 0 Å². The van der Waals surface area contributed by atoms with Crippen molar-refractivity contribution < 1.29 is 79.9 Å². The summed E-state index contributed by atoms with van der Waals surface area (Å²) in [7, 11) is 0. The van der Waals surface area contributed by atoms with Crippen molar-refractivity contribution in [3.05, 3.63) is 0 Å². The molecule has 0 bridgehead atoms. The smallest absolute Gasteiger partial charge is 0.187 e. The Kier molecular flexibility index (Phi) is 9.54. The Bertz CT molecular complexity index is 635. The molecule has 16 nitrogen and oxygen atoms in total. The molecule has 3 fully saturated rings. The van der Waals surface area contributed by atoms with Gasteiger partial charge in [-0.2, -0.15) is 0 Å². The lowest BCUT2D eigenvalue weighted by Crippen LogP contribution is -2.66. The van der Waals surface area contributed by atoms with Gasteiger partial charge >= 0.3 is 0 Å². The summed E-state index contributed by atoms with van der Waals surface area (Å²) >= 11 is 0. The van der Waals surface area contributed by atoms with Crippen LogP contribution in [-0.4, -0.2) is 168 Å². The predicted octanol–water partition coefficient (Wildman–Crippen LogP) is -7.57. The number of aliphatic hydroxyl groups excluding tert-OH is 11. The molecule has 0 aromatic rings. The van der Waals surface area contributed by atoms with Crippen LogP contribution in [0.3, 0.4) is 0 Å². The van der Waals surface area contributed by atoms with Gasteiger partial charge in [0.25, 0.3) is 0 Å². The minimum absolute atomic E-state index is 0.741. The first-order valence-electron chi connectivity index (χ1n) is 10.6. The van der Waals surface area contributed by atoms with E-state index in [-0.39, 0.29) is 0 Å². The molecule has 0 aromatic carbocycles. The largest absolute Gasteiger partial charge is 0.394 e. The molecule has 3 aliphatic heterocycles. The molecule has 3 aliphatic rings. The Labute approximate surface area is 192 Å². The highest BCUT2D eigenvalue weighted by Crippen LogP contribution is 2.32. The second kappa shape index (κ2) is 11.6. The van der Waals surface area contributed by atoms with E-state index in [0.29, 0.717) is 0 Å². The summed E-state index contributed by atoms with van der Waals surface area (Å²) in [5.74, 6) is 0. The van der Waals surface area contributed by atoms with Gasteiger partial charge in [-0.15, -0.1) is 0 Å². The topological polar surface area (TPSA) is 269 Å². The van der Waals surface area contributed by atoms with Crippen LogP contribution in [0, 0.1) is 0 Å². The molecule has 3 heterocycles. The van der Waals surface area contributed by atoms with Crippen molar-refractivity contribution in [2.45, 2.75) is 92.1 Å². The van der Waals surface area contributed by atoms with Crippen LogP contribution in [0.25, 0.3) is 0 Å². The third-order valence-electron chi connectivity index (χ3n) is 6.09. The van der Waals surface area contributed by atoms with Crippen LogP contribution in [-0.2, 0) is 23.7 Å². The maximum absolute atomic E-state index is 10.6. The van der Waals surface area contributed by atoms with E-state index in [1.54, 1.807) is 0 Å². The van der Waals surface area contributed by atoms with Crippen LogP contribution in [0.2, 0.25) is 0 Å². The van der Waals surface area contributed by atoms with E-state index in [9.17, 15) is 56.2 Å². The molecule has 200 valence electrons. The lowest BCUT2D eigenvalue weighted by Gasteiger charge is -2.47. The second-order valence-corrected chi connectivity index (χ2v) is 8.33. The zero-order chi connectivity index (χ0) is 25.3. The van der Waals surface area contributed by atoms with Gasteiger partial charge in [0, 0.05) is 0 Å². The van der Waals surface area contributed by atoms with E-state index in [4.69, 9.17) is 23.7 Å². The van der Waals surface area contributed by atoms with Gasteiger partial charge in [-0.1, -0.05) is 0 Å². The van der Waals surface area contributed by atoms with Crippen molar-refractivity contribution in [3.8, 4) is 0 Å². The SMILES string of the molecule is OC[C@H]1O[C@@H](O[C@H]2[C@H](O)[C@@H](O)[C@H](O[C@@H]3[C@H](O)[C@@H](O)[C@@H](O)O[C@@H]3CO)O[C@@H]2CO)[C@H](O)[C@@H](O)[C@@H]1O. The summed E-state index contributed by atoms with van der Waals surface area (Å²) < 4.78 is 26.4. The quantitative estimate of drug-likeness (QED) is 0.154. The lowest BCUT2D eigenvalue weighted by molar-refractivity contribution is -0.377. The Morgan fingerprint density at radius 1 is 0.441 bits per heavy atom. The molecule has 16 heteroatoms. The Morgan fingerprint density at radius 2 is 0.853 bits per heavy atom. The number of ether oxygens (including phenoxy) is 5. The summed E-state index contributed by atoms with van der Waals surface area (Å²) in [5, 5.41) is 109. The molecule has 0 unspecified atom stereocenters. The van der Waals surface area contributed by atoms with Crippen LogP contribution in [0.5, 0.6) is 0 Å². The van der Waals surface area contributed by atoms with Crippen molar-refractivity contribution in [2.24, 2.45) is 0 Å². The lowest BCUT2D eigenvalue weighted by atomic mass is 9.96. The molecule has 15 atom stereocenters. The fraction of sp³-hybridized carbons (Fsp3) is 1.00. The molecule has 0 aromatic heterocycles. The molecule has 0 amide bonds. The van der Waals surface area contributed by atoms with E-state index in [1.165, 1.54) is 0 Å². The van der Waals surface area contributed by atoms with E-state index >= 15 is 0 Å². The Hall–Kier alpha value is -0.640. The third kappa shape index (κ3) is 5.37. The van der Waals surface area contributed by atoms with Gasteiger partial charge in [0.15, 0.2) is 18.9 Å². The molecule has 0 saturated carbocycles. The third-order valence-corrected chi connectivity index (χ3v) is 6.09. The standard InChI is InChI=1S/C18H32O16/c19-1-4-7(22)8(23)12(27)17(31-4)34-15-6(3-21)32-18(13(28)10(15)25)33-14-5(2-20)30-16(29)11(26)9(14)24/h4-29H,1-3H2/t4-,5-,6-,7-,8+,9-,10-,11-,12-,13-,14+,15-,16+,17+,18+/m1/s1. The van der Waals surface area contributed by atoms with Gasteiger partial charge in [0.1, 0.15) is 73.2 Å². The maximum atomic E-state index is 10.6. The molecule has 11 N–H and O–H groups in total. The number of aliphatic hydroxyl groups is 11. The number of rotatable bonds is 7. The van der Waals surface area contributed by atoms with Crippen LogP contribution < -0.4 is 0 Å². The van der Waals surface area contributed by atoms with Gasteiger partial charge in [0.05, 0.1) is 19.8 Å². The molecule has 3 rings (SSSR count). The van der Waals surface area contributed by atoms with Crippen molar-refractivity contribution in [1.29, 1.82) is 0 Å². The summed E-state index contributed by atoms with van der Waals surface area (Å²) in [6.45, 7) is -2.32. The van der Waals surface area contributed by atoms with Gasteiger partial charge in [-0.25, -0.2) is 0 Å². The number of hydrogen-bond donors (Lipinski definition) is 11. The average molecular weight is 504 g/mol. The highest BCUT2D eigenvalue weighted by molar-refractivity contribution is 4.96. The highest BCUT2D eigenvalue weighted by Gasteiger charge is 2.53. The van der Waals surface area contributed by atoms with E-state index in [0.717, 1.165) is 0 Å². The molecule has 0 radical (unpaired) electrons. The molecular formula is C18H32O16. The normalized spacial score (nSPS) is 52.5. The first-order valence-corrected chi connectivity index (χ1v) is 10.6. The van der Waals surface area contributed by atoms with Gasteiger partial charge in [0.2, 0.25) is 0 Å². The average Bonchev–Trinajstić information content (AvgIpc) is 2.83. The second-order valence-electron chi connectivity index (χ2n) is 8.33. The van der Waals surface area contributed by atoms with E-state index in [2.05, 4.69) is 0 Å². The number of hydrogen-bond acceptors (Lipinski definition) is 16. The Morgan fingerprint density at radius 3 is 1.35 bits per heavy atom. The van der Waals surface area contributed by atoms with Crippen molar-refractivity contribution in [2.75, 3.05) is 19.8 Å². The summed E-state index contributed by atoms with van der Waals surface area (Å²) in [6.07, 6.45) is -25.1. The van der Waals surface area contributed by atoms with Gasteiger partial charge in [-0.3, -0.25) is 0 Å². The summed E-state index contributed by atoms with van der Waals surface area (Å²) in [6, 6.07) is 0.